The molecule has 2 aromatic carbocycles. The Kier molecular flexibility index (Phi) is 4.34. The zero-order chi connectivity index (χ0) is 20.3. The lowest BCUT2D eigenvalue weighted by atomic mass is 9.82. The minimum absolute atomic E-state index is 0.101. The van der Waals surface area contributed by atoms with Gasteiger partial charge in [-0.1, -0.05) is 17.7 Å². The molecule has 2 aliphatic carbocycles. The first kappa shape index (κ1) is 18.5. The van der Waals surface area contributed by atoms with Gasteiger partial charge in [-0.2, -0.15) is 0 Å². The topological polar surface area (TPSA) is 66.5 Å². The van der Waals surface area contributed by atoms with Crippen LogP contribution in [0.15, 0.2) is 60.2 Å². The lowest BCUT2D eigenvalue weighted by molar-refractivity contribution is -0.123. The molecule has 146 valence electrons. The van der Waals surface area contributed by atoms with Crippen LogP contribution in [0.4, 0.5) is 11.4 Å². The van der Waals surface area contributed by atoms with E-state index in [9.17, 15) is 14.4 Å². The van der Waals surface area contributed by atoms with Crippen LogP contribution in [0.3, 0.4) is 0 Å². The molecule has 4 unspecified atom stereocenters. The van der Waals surface area contributed by atoms with Crippen LogP contribution >= 0.6 is 22.6 Å². The standard InChI is InChI=1S/C23H19IN2O3/c1-12-9-14-10-18(12)20-19(14)22(28)26(23(20)29)17-7-5-13(6-8-17)21(27)25-16-4-2-3-15(24)11-16/h2-9,11,14,18-20H,10H2,1H3,(H,25,27). The van der Waals surface area contributed by atoms with E-state index in [1.54, 1.807) is 24.3 Å². The first-order valence-electron chi connectivity index (χ1n) is 9.67. The molecule has 0 radical (unpaired) electrons. The highest BCUT2D eigenvalue weighted by atomic mass is 127. The third-order valence-electron chi connectivity index (χ3n) is 6.35. The number of carbonyl (C=O) groups excluding carboxylic acids is 3. The molecule has 29 heavy (non-hydrogen) atoms. The van der Waals surface area contributed by atoms with Crippen LogP contribution in [-0.2, 0) is 9.59 Å². The van der Waals surface area contributed by atoms with Gasteiger partial charge in [-0.05, 0) is 90.2 Å². The SMILES string of the molecule is CC1=CC2CC1C1C(=O)N(c3ccc(C(=O)Nc4cccc(I)c4)cc3)C(=O)C21. The first-order chi connectivity index (χ1) is 13.9. The fourth-order valence-corrected chi connectivity index (χ4v) is 5.60. The fraction of sp³-hybridized carbons (Fsp3) is 0.261. The molecule has 0 aromatic heterocycles. The Morgan fingerprint density at radius 2 is 1.79 bits per heavy atom. The van der Waals surface area contributed by atoms with Gasteiger partial charge in [0.15, 0.2) is 0 Å². The van der Waals surface area contributed by atoms with E-state index in [-0.39, 0.29) is 41.4 Å². The summed E-state index contributed by atoms with van der Waals surface area (Å²) >= 11 is 2.19. The van der Waals surface area contributed by atoms with Gasteiger partial charge in [0.05, 0.1) is 17.5 Å². The van der Waals surface area contributed by atoms with Gasteiger partial charge in [0, 0.05) is 14.8 Å². The van der Waals surface area contributed by atoms with E-state index in [0.29, 0.717) is 11.3 Å². The van der Waals surface area contributed by atoms with Crippen molar-refractivity contribution < 1.29 is 14.4 Å². The van der Waals surface area contributed by atoms with Crippen molar-refractivity contribution in [3.63, 3.8) is 0 Å². The lowest BCUT2D eigenvalue weighted by Gasteiger charge is -2.19. The molecule has 4 atom stereocenters. The van der Waals surface area contributed by atoms with Gasteiger partial charge in [-0.25, -0.2) is 0 Å². The van der Waals surface area contributed by atoms with Crippen molar-refractivity contribution in [2.45, 2.75) is 13.3 Å². The quantitative estimate of drug-likeness (QED) is 0.391. The van der Waals surface area contributed by atoms with Gasteiger partial charge in [-0.15, -0.1) is 0 Å². The number of rotatable bonds is 3. The van der Waals surface area contributed by atoms with Crippen LogP contribution in [0.2, 0.25) is 0 Å². The molecule has 1 N–H and O–H groups in total. The number of hydrogen-bond donors (Lipinski definition) is 1. The summed E-state index contributed by atoms with van der Waals surface area (Å²) in [5.74, 6) is -0.494. The Morgan fingerprint density at radius 3 is 2.52 bits per heavy atom. The summed E-state index contributed by atoms with van der Waals surface area (Å²) in [5.41, 5.74) is 2.98. The van der Waals surface area contributed by atoms with Crippen molar-refractivity contribution in [3.05, 3.63) is 69.3 Å². The third kappa shape index (κ3) is 2.92. The van der Waals surface area contributed by atoms with Crippen molar-refractivity contribution in [2.75, 3.05) is 10.2 Å². The summed E-state index contributed by atoms with van der Waals surface area (Å²) in [6, 6.07) is 14.2. The van der Waals surface area contributed by atoms with E-state index in [1.807, 2.05) is 24.3 Å². The molecule has 3 amide bonds. The number of nitrogens with one attached hydrogen (secondary N) is 1. The van der Waals surface area contributed by atoms with Gasteiger partial charge in [0.1, 0.15) is 0 Å². The summed E-state index contributed by atoms with van der Waals surface area (Å²) in [7, 11) is 0. The number of allylic oxidation sites excluding steroid dienone is 2. The highest BCUT2D eigenvalue weighted by Crippen LogP contribution is 2.55. The van der Waals surface area contributed by atoms with Crippen LogP contribution in [0, 0.1) is 27.2 Å². The van der Waals surface area contributed by atoms with Crippen molar-refractivity contribution in [2.24, 2.45) is 23.7 Å². The van der Waals surface area contributed by atoms with Gasteiger partial charge >= 0.3 is 0 Å². The van der Waals surface area contributed by atoms with E-state index >= 15 is 0 Å². The van der Waals surface area contributed by atoms with Gasteiger partial charge < -0.3 is 5.32 Å². The lowest BCUT2D eigenvalue weighted by Crippen LogP contribution is -2.33. The normalized spacial score (nSPS) is 27.2. The van der Waals surface area contributed by atoms with E-state index in [1.165, 1.54) is 10.5 Å². The fourth-order valence-electron chi connectivity index (χ4n) is 5.06. The number of nitrogens with zero attached hydrogens (tertiary/aromatic N) is 1. The van der Waals surface area contributed by atoms with Crippen LogP contribution < -0.4 is 10.2 Å². The Labute approximate surface area is 182 Å². The number of benzene rings is 2. The summed E-state index contributed by atoms with van der Waals surface area (Å²) in [5, 5.41) is 2.86. The molecule has 0 spiro atoms. The number of fused-ring (bicyclic) bond motifs is 5. The second-order valence-corrected chi connectivity index (χ2v) is 9.24. The molecule has 3 aliphatic rings. The minimum Gasteiger partial charge on any atom is -0.322 e. The highest BCUT2D eigenvalue weighted by molar-refractivity contribution is 14.1. The molecule has 5 nitrogen and oxygen atoms in total. The molecular formula is C23H19IN2O3. The Morgan fingerprint density at radius 1 is 1.07 bits per heavy atom. The summed E-state index contributed by atoms with van der Waals surface area (Å²) in [6.07, 6.45) is 3.09. The van der Waals surface area contributed by atoms with Crippen LogP contribution in [0.25, 0.3) is 0 Å². The smallest absolute Gasteiger partial charge is 0.255 e. The average molecular weight is 498 g/mol. The van der Waals surface area contributed by atoms with Gasteiger partial charge in [0.2, 0.25) is 11.8 Å². The molecular weight excluding hydrogens is 479 g/mol. The molecule has 2 fully saturated rings. The number of imide groups is 1. The molecule has 1 aliphatic heterocycles. The maximum atomic E-state index is 13.0. The maximum Gasteiger partial charge on any atom is 0.255 e. The molecule has 1 saturated carbocycles. The van der Waals surface area contributed by atoms with E-state index in [2.05, 4.69) is 40.9 Å². The third-order valence-corrected chi connectivity index (χ3v) is 7.02. The monoisotopic (exact) mass is 498 g/mol. The summed E-state index contributed by atoms with van der Waals surface area (Å²) in [4.78, 5) is 39.8. The van der Waals surface area contributed by atoms with E-state index in [0.717, 1.165) is 15.7 Å². The number of halogens is 1. The minimum atomic E-state index is -0.229. The number of anilines is 2. The molecule has 5 rings (SSSR count). The number of carbonyl (C=O) groups is 3. The van der Waals surface area contributed by atoms with Gasteiger partial charge in [0.25, 0.3) is 5.91 Å². The van der Waals surface area contributed by atoms with Crippen molar-refractivity contribution >= 4 is 51.7 Å². The van der Waals surface area contributed by atoms with Crippen molar-refractivity contribution in [3.8, 4) is 0 Å². The number of amides is 3. The molecule has 6 heteroatoms. The molecule has 2 aromatic rings. The molecule has 1 heterocycles. The zero-order valence-electron chi connectivity index (χ0n) is 15.8. The summed E-state index contributed by atoms with van der Waals surface area (Å²) < 4.78 is 1.03. The van der Waals surface area contributed by atoms with Crippen LogP contribution in [-0.4, -0.2) is 17.7 Å². The number of hydrogen-bond acceptors (Lipinski definition) is 3. The first-order valence-corrected chi connectivity index (χ1v) is 10.7. The Balaban J connectivity index is 1.35. The van der Waals surface area contributed by atoms with Crippen LogP contribution in [0.5, 0.6) is 0 Å². The van der Waals surface area contributed by atoms with Crippen LogP contribution in [0.1, 0.15) is 23.7 Å². The Hall–Kier alpha value is -2.48. The van der Waals surface area contributed by atoms with E-state index < -0.39 is 0 Å². The predicted molar refractivity (Wildman–Crippen MR) is 118 cm³/mol. The largest absolute Gasteiger partial charge is 0.322 e. The zero-order valence-corrected chi connectivity index (χ0v) is 17.9. The second-order valence-electron chi connectivity index (χ2n) is 7.99. The maximum absolute atomic E-state index is 13.0. The summed E-state index contributed by atoms with van der Waals surface area (Å²) in [6.45, 7) is 2.06. The molecule has 2 bridgehead atoms. The van der Waals surface area contributed by atoms with E-state index in [4.69, 9.17) is 0 Å². The highest BCUT2D eigenvalue weighted by Gasteiger charge is 2.60. The average Bonchev–Trinajstić information content (AvgIpc) is 3.32. The van der Waals surface area contributed by atoms with Crippen molar-refractivity contribution in [1.82, 2.24) is 0 Å². The second kappa shape index (κ2) is 6.79. The predicted octanol–water partition coefficient (Wildman–Crippen LogP) is 4.25. The molecule has 1 saturated heterocycles. The van der Waals surface area contributed by atoms with Gasteiger partial charge in [-0.3, -0.25) is 19.3 Å². The Bertz CT molecular complexity index is 1080. The van der Waals surface area contributed by atoms with Crippen molar-refractivity contribution in [1.29, 1.82) is 0 Å².